The molecular weight excluding hydrogens is 256 g/mol. The van der Waals surface area contributed by atoms with Crippen LogP contribution in [0.4, 0.5) is 5.82 Å². The summed E-state index contributed by atoms with van der Waals surface area (Å²) < 4.78 is 5.50. The number of anilines is 1. The number of rotatable bonds is 4. The smallest absolute Gasteiger partial charge is 0.250 e. The summed E-state index contributed by atoms with van der Waals surface area (Å²) in [6.07, 6.45) is 1.42. The average molecular weight is 278 g/mol. The maximum Gasteiger partial charge on any atom is 0.250 e. The van der Waals surface area contributed by atoms with Crippen LogP contribution in [0.5, 0.6) is 0 Å². The molecule has 0 aromatic carbocycles. The Morgan fingerprint density at radius 1 is 1.60 bits per heavy atom. The van der Waals surface area contributed by atoms with E-state index in [1.807, 2.05) is 25.1 Å². The van der Waals surface area contributed by atoms with Crippen LogP contribution in [0.15, 0.2) is 18.3 Å². The second-order valence-corrected chi connectivity index (χ2v) is 5.09. The van der Waals surface area contributed by atoms with Crippen molar-refractivity contribution in [2.75, 3.05) is 45.7 Å². The molecule has 0 saturated carbocycles. The van der Waals surface area contributed by atoms with Gasteiger partial charge >= 0.3 is 0 Å². The summed E-state index contributed by atoms with van der Waals surface area (Å²) in [7, 11) is 5.60. The molecule has 1 aromatic heterocycles. The summed E-state index contributed by atoms with van der Waals surface area (Å²) in [5, 5.41) is 2.64. The largest absolute Gasteiger partial charge is 0.366 e. The lowest BCUT2D eigenvalue weighted by Crippen LogP contribution is -2.48. The second-order valence-electron chi connectivity index (χ2n) is 5.09. The molecule has 1 atom stereocenters. The number of amides is 1. The Labute approximate surface area is 119 Å². The molecule has 6 heteroatoms. The van der Waals surface area contributed by atoms with E-state index < -0.39 is 0 Å². The number of morpholine rings is 1. The summed E-state index contributed by atoms with van der Waals surface area (Å²) in [5.41, 5.74) is 1.16. The van der Waals surface area contributed by atoms with Gasteiger partial charge in [0.15, 0.2) is 0 Å². The molecular formula is C14H22N4O2. The molecule has 1 N–H and O–H groups in total. The van der Waals surface area contributed by atoms with E-state index in [-0.39, 0.29) is 12.0 Å². The van der Waals surface area contributed by atoms with Crippen molar-refractivity contribution in [1.29, 1.82) is 0 Å². The summed E-state index contributed by atoms with van der Waals surface area (Å²) >= 11 is 0. The van der Waals surface area contributed by atoms with E-state index in [9.17, 15) is 4.79 Å². The highest BCUT2D eigenvalue weighted by Crippen LogP contribution is 2.18. The number of nitrogens with zero attached hydrogens (tertiary/aromatic N) is 3. The molecule has 0 spiro atoms. The normalized spacial score (nSPS) is 19.6. The Balaban J connectivity index is 2.04. The molecule has 1 aromatic rings. The number of hydrogen-bond acceptors (Lipinski definition) is 5. The van der Waals surface area contributed by atoms with Crippen molar-refractivity contribution in [2.24, 2.45) is 0 Å². The minimum atomic E-state index is -0.381. The van der Waals surface area contributed by atoms with Gasteiger partial charge in [0.1, 0.15) is 11.9 Å². The number of likely N-dealkylation sites (N-methyl/N-ethyl adjacent to an activating group) is 1. The van der Waals surface area contributed by atoms with Crippen molar-refractivity contribution in [3.8, 4) is 0 Å². The molecule has 0 aliphatic carbocycles. The van der Waals surface area contributed by atoms with Crippen LogP contribution in [-0.2, 0) is 16.1 Å². The van der Waals surface area contributed by atoms with Crippen molar-refractivity contribution in [3.05, 3.63) is 23.9 Å². The van der Waals surface area contributed by atoms with Gasteiger partial charge in [-0.2, -0.15) is 0 Å². The fourth-order valence-corrected chi connectivity index (χ4v) is 2.36. The summed E-state index contributed by atoms with van der Waals surface area (Å²) in [6.45, 7) is 2.80. The Kier molecular flexibility index (Phi) is 4.92. The number of nitrogens with one attached hydrogen (secondary N) is 1. The van der Waals surface area contributed by atoms with Crippen LogP contribution in [0.25, 0.3) is 0 Å². The van der Waals surface area contributed by atoms with Crippen LogP contribution in [0, 0.1) is 0 Å². The van der Waals surface area contributed by atoms with Gasteiger partial charge in [-0.15, -0.1) is 0 Å². The maximum atomic E-state index is 11.7. The molecule has 6 nitrogen and oxygen atoms in total. The molecule has 0 radical (unpaired) electrons. The van der Waals surface area contributed by atoms with Gasteiger partial charge in [0.05, 0.1) is 6.61 Å². The van der Waals surface area contributed by atoms with Gasteiger partial charge in [0.2, 0.25) is 5.91 Å². The number of pyridine rings is 1. The van der Waals surface area contributed by atoms with E-state index in [1.165, 1.54) is 0 Å². The predicted octanol–water partition coefficient (Wildman–Crippen LogP) is 0.0944. The van der Waals surface area contributed by atoms with Crippen molar-refractivity contribution >= 4 is 11.7 Å². The monoisotopic (exact) mass is 278 g/mol. The molecule has 2 heterocycles. The van der Waals surface area contributed by atoms with E-state index in [2.05, 4.69) is 21.3 Å². The van der Waals surface area contributed by atoms with E-state index in [1.54, 1.807) is 13.2 Å². The highest BCUT2D eigenvalue weighted by molar-refractivity contribution is 5.80. The SMILES string of the molecule is CNC(=O)[C@H]1CN(Cc2cccnc2N(C)C)CCO1. The predicted molar refractivity (Wildman–Crippen MR) is 77.6 cm³/mol. The van der Waals surface area contributed by atoms with Gasteiger partial charge in [-0.3, -0.25) is 9.69 Å². The van der Waals surface area contributed by atoms with E-state index >= 15 is 0 Å². The van der Waals surface area contributed by atoms with Crippen LogP contribution >= 0.6 is 0 Å². The zero-order chi connectivity index (χ0) is 14.5. The first kappa shape index (κ1) is 14.7. The molecule has 20 heavy (non-hydrogen) atoms. The third-order valence-electron chi connectivity index (χ3n) is 3.37. The average Bonchev–Trinajstić information content (AvgIpc) is 2.47. The highest BCUT2D eigenvalue weighted by Gasteiger charge is 2.26. The van der Waals surface area contributed by atoms with Gasteiger partial charge in [0.25, 0.3) is 0 Å². The summed E-state index contributed by atoms with van der Waals surface area (Å²) in [5.74, 6) is 0.907. The fraction of sp³-hybridized carbons (Fsp3) is 0.571. The molecule has 0 unspecified atom stereocenters. The number of carbonyl (C=O) groups excluding carboxylic acids is 1. The number of carbonyl (C=O) groups is 1. The lowest BCUT2D eigenvalue weighted by Gasteiger charge is -2.32. The fourth-order valence-electron chi connectivity index (χ4n) is 2.36. The number of ether oxygens (including phenoxy) is 1. The number of aromatic nitrogens is 1. The van der Waals surface area contributed by atoms with Crippen molar-refractivity contribution in [1.82, 2.24) is 15.2 Å². The Hall–Kier alpha value is -1.66. The molecule has 1 aliphatic rings. The van der Waals surface area contributed by atoms with Crippen LogP contribution < -0.4 is 10.2 Å². The van der Waals surface area contributed by atoms with Gasteiger partial charge in [-0.05, 0) is 6.07 Å². The van der Waals surface area contributed by atoms with E-state index in [4.69, 9.17) is 4.74 Å². The van der Waals surface area contributed by atoms with Gasteiger partial charge < -0.3 is 15.0 Å². The second kappa shape index (κ2) is 6.67. The molecule has 1 amide bonds. The quantitative estimate of drug-likeness (QED) is 0.846. The highest BCUT2D eigenvalue weighted by atomic mass is 16.5. The minimum absolute atomic E-state index is 0.0614. The van der Waals surface area contributed by atoms with Gasteiger partial charge in [-0.25, -0.2) is 4.98 Å². The third-order valence-corrected chi connectivity index (χ3v) is 3.37. The topological polar surface area (TPSA) is 57.7 Å². The van der Waals surface area contributed by atoms with Crippen LogP contribution in [-0.4, -0.2) is 62.7 Å². The van der Waals surface area contributed by atoms with Crippen molar-refractivity contribution in [2.45, 2.75) is 12.6 Å². The van der Waals surface area contributed by atoms with Crippen LogP contribution in [0.2, 0.25) is 0 Å². The Bertz CT molecular complexity index is 464. The van der Waals surface area contributed by atoms with Crippen LogP contribution in [0.3, 0.4) is 0 Å². The first-order valence-electron chi connectivity index (χ1n) is 6.78. The third kappa shape index (κ3) is 3.46. The van der Waals surface area contributed by atoms with E-state index in [0.29, 0.717) is 13.2 Å². The van der Waals surface area contributed by atoms with Crippen molar-refractivity contribution in [3.63, 3.8) is 0 Å². The Morgan fingerprint density at radius 3 is 3.10 bits per heavy atom. The van der Waals surface area contributed by atoms with Crippen molar-refractivity contribution < 1.29 is 9.53 Å². The zero-order valence-electron chi connectivity index (χ0n) is 12.3. The summed E-state index contributed by atoms with van der Waals surface area (Å²) in [6, 6.07) is 4.02. The lowest BCUT2D eigenvalue weighted by atomic mass is 10.2. The number of hydrogen-bond donors (Lipinski definition) is 1. The molecule has 1 saturated heterocycles. The minimum Gasteiger partial charge on any atom is -0.366 e. The molecule has 2 rings (SSSR count). The lowest BCUT2D eigenvalue weighted by molar-refractivity contribution is -0.138. The van der Waals surface area contributed by atoms with Crippen LogP contribution in [0.1, 0.15) is 5.56 Å². The van der Waals surface area contributed by atoms with Gasteiger partial charge in [-0.1, -0.05) is 6.07 Å². The van der Waals surface area contributed by atoms with Gasteiger partial charge in [0, 0.05) is 52.5 Å². The molecule has 1 fully saturated rings. The molecule has 0 bridgehead atoms. The molecule has 110 valence electrons. The molecule has 1 aliphatic heterocycles. The van der Waals surface area contributed by atoms with E-state index in [0.717, 1.165) is 24.5 Å². The standard InChI is InChI=1S/C14H22N4O2/c1-15-14(19)12-10-18(7-8-20-12)9-11-5-4-6-16-13(11)17(2)3/h4-6,12H,7-10H2,1-3H3,(H,15,19)/t12-/m1/s1. The maximum absolute atomic E-state index is 11.7. The first-order valence-corrected chi connectivity index (χ1v) is 6.78. The first-order chi connectivity index (χ1) is 9.61. The Morgan fingerprint density at radius 2 is 2.40 bits per heavy atom. The summed E-state index contributed by atoms with van der Waals surface area (Å²) in [4.78, 5) is 20.3. The zero-order valence-corrected chi connectivity index (χ0v) is 12.3.